The van der Waals surface area contributed by atoms with Crippen LogP contribution in [0.5, 0.6) is 5.75 Å². The predicted molar refractivity (Wildman–Crippen MR) is 78.4 cm³/mol. The number of amides is 1. The molecule has 0 spiro atoms. The SMILES string of the molecule is COc1ccc(S(N)(=O)=O)cc1NC(=O)CC1(N)CCC1. The monoisotopic (exact) mass is 313 g/mol. The Bertz CT molecular complexity index is 653. The van der Waals surface area contributed by atoms with Crippen LogP contribution in [0.2, 0.25) is 0 Å². The number of carbonyl (C=O) groups excluding carboxylic acids is 1. The summed E-state index contributed by atoms with van der Waals surface area (Å²) in [5.41, 5.74) is 5.83. The van der Waals surface area contributed by atoms with E-state index < -0.39 is 15.6 Å². The fourth-order valence-corrected chi connectivity index (χ4v) is 2.82. The lowest BCUT2D eigenvalue weighted by atomic mass is 9.75. The highest BCUT2D eigenvalue weighted by Crippen LogP contribution is 2.33. The number of benzene rings is 1. The summed E-state index contributed by atoms with van der Waals surface area (Å²) in [6.07, 6.45) is 2.84. The van der Waals surface area contributed by atoms with Gasteiger partial charge in [0.25, 0.3) is 0 Å². The van der Waals surface area contributed by atoms with E-state index in [1.165, 1.54) is 25.3 Å². The minimum Gasteiger partial charge on any atom is -0.495 e. The van der Waals surface area contributed by atoms with Crippen LogP contribution in [0.3, 0.4) is 0 Å². The summed E-state index contributed by atoms with van der Waals surface area (Å²) in [5.74, 6) is 0.0810. The van der Waals surface area contributed by atoms with Crippen molar-refractivity contribution in [2.45, 2.75) is 36.1 Å². The Labute approximate surface area is 123 Å². The van der Waals surface area contributed by atoms with Crippen LogP contribution in [0.1, 0.15) is 25.7 Å². The summed E-state index contributed by atoms with van der Waals surface area (Å²) in [6, 6.07) is 4.03. The third-order valence-electron chi connectivity index (χ3n) is 3.64. The molecular weight excluding hydrogens is 294 g/mol. The van der Waals surface area contributed by atoms with E-state index in [1.807, 2.05) is 0 Å². The third kappa shape index (κ3) is 3.72. The summed E-state index contributed by atoms with van der Waals surface area (Å²) in [4.78, 5) is 11.9. The van der Waals surface area contributed by atoms with Crippen LogP contribution in [0.4, 0.5) is 5.69 Å². The summed E-state index contributed by atoms with van der Waals surface area (Å²) >= 11 is 0. The lowest BCUT2D eigenvalue weighted by Gasteiger charge is -2.37. The van der Waals surface area contributed by atoms with Gasteiger partial charge in [-0.3, -0.25) is 4.79 Å². The number of anilines is 1. The second-order valence-electron chi connectivity index (χ2n) is 5.35. The maximum absolute atomic E-state index is 12.0. The molecule has 116 valence electrons. The molecule has 5 N–H and O–H groups in total. The summed E-state index contributed by atoms with van der Waals surface area (Å²) in [5, 5.41) is 7.71. The van der Waals surface area contributed by atoms with E-state index in [1.54, 1.807) is 0 Å². The standard InChI is InChI=1S/C13H19N3O4S/c1-20-11-4-3-9(21(15,18)19)7-10(11)16-12(17)8-13(14)5-2-6-13/h3-4,7H,2,5-6,8,14H2,1H3,(H,16,17)(H2,15,18,19). The van der Waals surface area contributed by atoms with Crippen LogP contribution in [0.15, 0.2) is 23.1 Å². The van der Waals surface area contributed by atoms with Crippen molar-refractivity contribution in [2.75, 3.05) is 12.4 Å². The van der Waals surface area contributed by atoms with Crippen LogP contribution in [0.25, 0.3) is 0 Å². The summed E-state index contributed by atoms with van der Waals surface area (Å²) in [6.45, 7) is 0. The maximum atomic E-state index is 12.0. The predicted octanol–water partition coefficient (Wildman–Crippen LogP) is 0.553. The smallest absolute Gasteiger partial charge is 0.238 e. The van der Waals surface area contributed by atoms with Gasteiger partial charge in [-0.1, -0.05) is 0 Å². The van der Waals surface area contributed by atoms with E-state index in [4.69, 9.17) is 15.6 Å². The molecule has 0 unspecified atom stereocenters. The zero-order valence-electron chi connectivity index (χ0n) is 11.8. The average Bonchev–Trinajstić information content (AvgIpc) is 2.35. The highest BCUT2D eigenvalue weighted by molar-refractivity contribution is 7.89. The minimum absolute atomic E-state index is 0.0929. The first-order chi connectivity index (χ1) is 9.73. The number of methoxy groups -OCH3 is 1. The van der Waals surface area contributed by atoms with Crippen LogP contribution < -0.4 is 20.9 Å². The van der Waals surface area contributed by atoms with Crippen molar-refractivity contribution in [2.24, 2.45) is 10.9 Å². The van der Waals surface area contributed by atoms with Gasteiger partial charge in [0, 0.05) is 12.0 Å². The number of carbonyl (C=O) groups is 1. The first-order valence-electron chi connectivity index (χ1n) is 6.53. The van der Waals surface area contributed by atoms with E-state index in [0.717, 1.165) is 19.3 Å². The number of rotatable bonds is 5. The second kappa shape index (κ2) is 5.63. The molecule has 1 aliphatic carbocycles. The molecule has 1 aromatic rings. The first kappa shape index (κ1) is 15.7. The fraction of sp³-hybridized carbons (Fsp3) is 0.462. The van der Waals surface area contributed by atoms with E-state index in [0.29, 0.717) is 5.75 Å². The Morgan fingerprint density at radius 1 is 1.43 bits per heavy atom. The molecule has 0 heterocycles. The Balaban J connectivity index is 2.19. The van der Waals surface area contributed by atoms with Crippen LogP contribution in [0, 0.1) is 0 Å². The molecular formula is C13H19N3O4S. The number of sulfonamides is 1. The molecule has 0 aromatic heterocycles. The normalized spacial score (nSPS) is 16.9. The van der Waals surface area contributed by atoms with Crippen LogP contribution in [-0.4, -0.2) is 27.0 Å². The zero-order valence-corrected chi connectivity index (χ0v) is 12.6. The topological polar surface area (TPSA) is 125 Å². The molecule has 1 amide bonds. The van der Waals surface area contributed by atoms with E-state index in [9.17, 15) is 13.2 Å². The highest BCUT2D eigenvalue weighted by Gasteiger charge is 2.34. The molecule has 8 heteroatoms. The lowest BCUT2D eigenvalue weighted by molar-refractivity contribution is -0.118. The molecule has 1 aliphatic rings. The molecule has 0 radical (unpaired) electrons. The van der Waals surface area contributed by atoms with Gasteiger partial charge in [-0.2, -0.15) is 0 Å². The Morgan fingerprint density at radius 3 is 2.57 bits per heavy atom. The van der Waals surface area contributed by atoms with Gasteiger partial charge in [0.05, 0.1) is 17.7 Å². The molecule has 1 aromatic carbocycles. The van der Waals surface area contributed by atoms with Crippen molar-refractivity contribution in [1.82, 2.24) is 0 Å². The lowest BCUT2D eigenvalue weighted by Crippen LogP contribution is -2.48. The Kier molecular flexibility index (Phi) is 4.22. The van der Waals surface area contributed by atoms with Crippen molar-refractivity contribution >= 4 is 21.6 Å². The second-order valence-corrected chi connectivity index (χ2v) is 6.91. The number of primary sulfonamides is 1. The van der Waals surface area contributed by atoms with Gasteiger partial charge in [0.1, 0.15) is 5.75 Å². The van der Waals surface area contributed by atoms with Crippen molar-refractivity contribution in [3.63, 3.8) is 0 Å². The summed E-state index contributed by atoms with van der Waals surface area (Å²) in [7, 11) is -2.42. The number of ether oxygens (including phenoxy) is 1. The van der Waals surface area contributed by atoms with Crippen LogP contribution in [-0.2, 0) is 14.8 Å². The minimum atomic E-state index is -3.85. The molecule has 1 saturated carbocycles. The Hall–Kier alpha value is -1.64. The molecule has 0 saturated heterocycles. The molecule has 0 aliphatic heterocycles. The summed E-state index contributed by atoms with van der Waals surface area (Å²) < 4.78 is 27.8. The average molecular weight is 313 g/mol. The Morgan fingerprint density at radius 2 is 2.10 bits per heavy atom. The highest BCUT2D eigenvalue weighted by atomic mass is 32.2. The number of hydrogen-bond acceptors (Lipinski definition) is 5. The number of hydrogen-bond donors (Lipinski definition) is 3. The van der Waals surface area contributed by atoms with Gasteiger partial charge in [0.15, 0.2) is 0 Å². The molecule has 1 fully saturated rings. The van der Waals surface area contributed by atoms with E-state index in [-0.39, 0.29) is 22.9 Å². The molecule has 0 atom stereocenters. The van der Waals surface area contributed by atoms with Crippen molar-refractivity contribution in [1.29, 1.82) is 0 Å². The van der Waals surface area contributed by atoms with Crippen molar-refractivity contribution in [3.05, 3.63) is 18.2 Å². The molecule has 2 rings (SSSR count). The van der Waals surface area contributed by atoms with E-state index in [2.05, 4.69) is 5.32 Å². The van der Waals surface area contributed by atoms with Gasteiger partial charge >= 0.3 is 0 Å². The van der Waals surface area contributed by atoms with Crippen LogP contribution >= 0.6 is 0 Å². The fourth-order valence-electron chi connectivity index (χ4n) is 2.28. The number of nitrogens with two attached hydrogens (primary N) is 2. The molecule has 21 heavy (non-hydrogen) atoms. The van der Waals surface area contributed by atoms with Gasteiger partial charge in [0.2, 0.25) is 15.9 Å². The molecule has 0 bridgehead atoms. The molecule has 7 nitrogen and oxygen atoms in total. The van der Waals surface area contributed by atoms with Gasteiger partial charge in [-0.15, -0.1) is 0 Å². The number of nitrogens with one attached hydrogen (secondary N) is 1. The van der Waals surface area contributed by atoms with Gasteiger partial charge in [-0.25, -0.2) is 13.6 Å². The zero-order chi connectivity index (χ0) is 15.7. The van der Waals surface area contributed by atoms with Crippen molar-refractivity contribution in [3.8, 4) is 5.75 Å². The van der Waals surface area contributed by atoms with Crippen molar-refractivity contribution < 1.29 is 17.9 Å². The largest absolute Gasteiger partial charge is 0.495 e. The third-order valence-corrected chi connectivity index (χ3v) is 4.55. The van der Waals surface area contributed by atoms with Gasteiger partial charge in [-0.05, 0) is 37.5 Å². The first-order valence-corrected chi connectivity index (χ1v) is 8.08. The maximum Gasteiger partial charge on any atom is 0.238 e. The van der Waals surface area contributed by atoms with Gasteiger partial charge < -0.3 is 15.8 Å². The van der Waals surface area contributed by atoms with E-state index >= 15 is 0 Å². The quantitative estimate of drug-likeness (QED) is 0.732.